The van der Waals surface area contributed by atoms with Crippen molar-refractivity contribution in [2.45, 2.75) is 51.2 Å². The number of aryl methyl sites for hydroxylation is 1. The van der Waals surface area contributed by atoms with E-state index in [2.05, 4.69) is 30.8 Å². The van der Waals surface area contributed by atoms with Crippen LogP contribution in [0.5, 0.6) is 0 Å². The van der Waals surface area contributed by atoms with Crippen LogP contribution in [0.2, 0.25) is 5.15 Å². The monoisotopic (exact) mass is 597 g/mol. The minimum atomic E-state index is -0.856. The van der Waals surface area contributed by atoms with Crippen LogP contribution < -0.4 is 16.0 Å². The second-order valence-electron chi connectivity index (χ2n) is 10.1. The zero-order chi connectivity index (χ0) is 27.6. The van der Waals surface area contributed by atoms with Gasteiger partial charge in [0.1, 0.15) is 5.15 Å². The number of rotatable bonds is 5. The van der Waals surface area contributed by atoms with Crippen LogP contribution in [0.25, 0.3) is 0 Å². The van der Waals surface area contributed by atoms with Crippen LogP contribution in [0.4, 0.5) is 5.69 Å². The third-order valence-corrected chi connectivity index (χ3v) is 8.21. The first kappa shape index (κ1) is 30.7. The van der Waals surface area contributed by atoms with Crippen molar-refractivity contribution in [3.63, 3.8) is 0 Å². The summed E-state index contributed by atoms with van der Waals surface area (Å²) in [6.07, 6.45) is 3.45. The molecule has 4 amide bonds. The Balaban J connectivity index is 0.00000420. The summed E-state index contributed by atoms with van der Waals surface area (Å²) in [4.78, 5) is 64.6. The fourth-order valence-corrected chi connectivity index (χ4v) is 6.11. The summed E-state index contributed by atoms with van der Waals surface area (Å²) in [6.45, 7) is 3.38. The van der Waals surface area contributed by atoms with E-state index in [1.807, 2.05) is 7.05 Å². The van der Waals surface area contributed by atoms with Gasteiger partial charge in [-0.3, -0.25) is 19.2 Å². The molecular weight excluding hydrogens is 565 g/mol. The topological polar surface area (TPSA) is 137 Å². The third kappa shape index (κ3) is 7.44. The Morgan fingerprint density at radius 2 is 1.87 bits per heavy atom. The van der Waals surface area contributed by atoms with E-state index < -0.39 is 23.9 Å². The van der Waals surface area contributed by atoms with Gasteiger partial charge in [0.15, 0.2) is 5.01 Å². The van der Waals surface area contributed by atoms with E-state index in [-0.39, 0.29) is 35.3 Å². The highest BCUT2D eigenvalue weighted by molar-refractivity contribution is 7.13. The number of thiazole rings is 1. The number of halogens is 2. The van der Waals surface area contributed by atoms with E-state index in [0.717, 1.165) is 30.1 Å². The maximum Gasteiger partial charge on any atom is 0.313 e. The molecule has 11 nitrogen and oxygen atoms in total. The molecule has 0 unspecified atom stereocenters. The first-order valence-corrected chi connectivity index (χ1v) is 13.6. The first-order chi connectivity index (χ1) is 18.0. The zero-order valence-electron chi connectivity index (χ0n) is 22.2. The van der Waals surface area contributed by atoms with Gasteiger partial charge < -0.3 is 25.8 Å². The summed E-state index contributed by atoms with van der Waals surface area (Å²) in [5.41, 5.74) is 1.98. The molecule has 2 aromatic rings. The number of amides is 4. The van der Waals surface area contributed by atoms with Crippen molar-refractivity contribution in [1.82, 2.24) is 30.4 Å². The molecule has 0 saturated heterocycles. The van der Waals surface area contributed by atoms with Gasteiger partial charge in [0, 0.05) is 50.4 Å². The molecular formula is C25H33Cl2N7O4S. The van der Waals surface area contributed by atoms with Gasteiger partial charge in [0.05, 0.1) is 23.6 Å². The summed E-state index contributed by atoms with van der Waals surface area (Å²) in [7, 11) is 5.41. The van der Waals surface area contributed by atoms with Crippen molar-refractivity contribution in [3.8, 4) is 0 Å². The van der Waals surface area contributed by atoms with E-state index >= 15 is 0 Å². The normalized spacial score (nSPS) is 20.7. The fourth-order valence-electron chi connectivity index (χ4n) is 4.81. The van der Waals surface area contributed by atoms with Gasteiger partial charge in [-0.05, 0) is 44.9 Å². The summed E-state index contributed by atoms with van der Waals surface area (Å²) < 4.78 is 0. The van der Waals surface area contributed by atoms with E-state index in [4.69, 9.17) is 11.6 Å². The lowest BCUT2D eigenvalue weighted by molar-refractivity contribution is -0.137. The number of hydrogen-bond donors (Lipinski definition) is 3. The zero-order valence-corrected chi connectivity index (χ0v) is 24.6. The number of hydrogen-bond acceptors (Lipinski definition) is 8. The highest BCUT2D eigenvalue weighted by atomic mass is 35.5. The number of nitrogens with zero attached hydrogens (tertiary/aromatic N) is 4. The average molecular weight is 599 g/mol. The molecule has 3 N–H and O–H groups in total. The molecule has 1 aliphatic heterocycles. The molecule has 39 heavy (non-hydrogen) atoms. The largest absolute Gasteiger partial charge is 0.349 e. The van der Waals surface area contributed by atoms with Crippen molar-refractivity contribution < 1.29 is 19.2 Å². The second-order valence-corrected chi connectivity index (χ2v) is 11.5. The average Bonchev–Trinajstić information content (AvgIpc) is 3.29. The number of aromatic nitrogens is 2. The van der Waals surface area contributed by atoms with Gasteiger partial charge in [0.2, 0.25) is 5.91 Å². The predicted octanol–water partition coefficient (Wildman–Crippen LogP) is 2.02. The number of carbonyl (C=O) groups excluding carboxylic acids is 4. The number of fused-ring (bicyclic) bond motifs is 1. The summed E-state index contributed by atoms with van der Waals surface area (Å²) in [5, 5.41) is 8.94. The Morgan fingerprint density at radius 1 is 1.13 bits per heavy atom. The Morgan fingerprint density at radius 3 is 2.56 bits per heavy atom. The Bertz CT molecular complexity index is 1260. The van der Waals surface area contributed by atoms with Gasteiger partial charge in [-0.25, -0.2) is 9.97 Å². The smallest absolute Gasteiger partial charge is 0.313 e. The van der Waals surface area contributed by atoms with Crippen molar-refractivity contribution in [1.29, 1.82) is 0 Å². The Hall–Kier alpha value is -2.80. The molecule has 2 aliphatic rings. The second kappa shape index (κ2) is 13.0. The highest BCUT2D eigenvalue weighted by Gasteiger charge is 2.37. The number of nitrogens with one attached hydrogen (secondary N) is 3. The summed E-state index contributed by atoms with van der Waals surface area (Å²) in [5.74, 6) is -2.38. The molecule has 1 saturated carbocycles. The van der Waals surface area contributed by atoms with Crippen LogP contribution in [0, 0.1) is 12.8 Å². The molecule has 4 rings (SSSR count). The SMILES string of the molecule is Cc1cc(Cl)ncc1NC(=O)C(=O)N[C@H]1CC[C@H](C(=O)N(C)C)C[C@H]1NC(=O)c1nc2c(s1)CN(C)CC2.Cl. The quantitative estimate of drug-likeness (QED) is 0.354. The molecule has 0 radical (unpaired) electrons. The summed E-state index contributed by atoms with van der Waals surface area (Å²) in [6, 6.07) is 0.496. The van der Waals surface area contributed by atoms with Gasteiger partial charge >= 0.3 is 11.8 Å². The van der Waals surface area contributed by atoms with Crippen molar-refractivity contribution >= 4 is 64.7 Å². The van der Waals surface area contributed by atoms with Crippen molar-refractivity contribution in [3.05, 3.63) is 38.6 Å². The molecule has 0 bridgehead atoms. The minimum absolute atomic E-state index is 0. The Kier molecular flexibility index (Phi) is 10.3. The van der Waals surface area contributed by atoms with Crippen molar-refractivity contribution in [2.24, 2.45) is 5.92 Å². The van der Waals surface area contributed by atoms with E-state index in [9.17, 15) is 19.2 Å². The van der Waals surface area contributed by atoms with Crippen LogP contribution in [-0.2, 0) is 27.3 Å². The molecule has 3 heterocycles. The number of carbonyl (C=O) groups is 4. The van der Waals surface area contributed by atoms with E-state index in [1.165, 1.54) is 22.4 Å². The van der Waals surface area contributed by atoms with Crippen LogP contribution in [0.1, 0.15) is 45.2 Å². The molecule has 0 spiro atoms. The molecule has 2 aromatic heterocycles. The fraction of sp³-hybridized carbons (Fsp3) is 0.520. The lowest BCUT2D eigenvalue weighted by atomic mass is 9.81. The van der Waals surface area contributed by atoms with E-state index in [1.54, 1.807) is 27.1 Å². The number of anilines is 1. The van der Waals surface area contributed by atoms with E-state index in [0.29, 0.717) is 35.5 Å². The van der Waals surface area contributed by atoms with Crippen LogP contribution in [0.15, 0.2) is 12.3 Å². The van der Waals surface area contributed by atoms with Crippen LogP contribution in [-0.4, -0.2) is 83.2 Å². The van der Waals surface area contributed by atoms with Crippen LogP contribution in [0.3, 0.4) is 0 Å². The number of pyridine rings is 1. The lowest BCUT2D eigenvalue weighted by Gasteiger charge is -2.37. The molecule has 1 aliphatic carbocycles. The van der Waals surface area contributed by atoms with Gasteiger partial charge in [-0.15, -0.1) is 23.7 Å². The third-order valence-electron chi connectivity index (χ3n) is 6.92. The number of likely N-dealkylation sites (N-methyl/N-ethyl adjacent to an activating group) is 1. The standard InChI is InChI=1S/C25H32ClN7O4S.ClH/c1-13-9-20(26)27-11-18(13)30-22(35)21(34)28-15-6-5-14(25(37)32(2)3)10-17(15)29-23(36)24-31-16-7-8-33(4)12-19(16)38-24;/h9,11,14-15,17H,5-8,10,12H2,1-4H3,(H,28,34)(H,29,36)(H,30,35);1H/t14-,15-,17+;/m0./s1. The highest BCUT2D eigenvalue weighted by Crippen LogP contribution is 2.28. The van der Waals surface area contributed by atoms with Gasteiger partial charge in [-0.2, -0.15) is 0 Å². The summed E-state index contributed by atoms with van der Waals surface area (Å²) >= 11 is 7.23. The lowest BCUT2D eigenvalue weighted by Crippen LogP contribution is -2.57. The molecule has 0 aromatic carbocycles. The molecule has 212 valence electrons. The maximum atomic E-state index is 13.2. The maximum absolute atomic E-state index is 13.2. The minimum Gasteiger partial charge on any atom is -0.349 e. The molecule has 3 atom stereocenters. The Labute approximate surface area is 242 Å². The van der Waals surface area contributed by atoms with Gasteiger partial charge in [-0.1, -0.05) is 11.6 Å². The van der Waals surface area contributed by atoms with Crippen molar-refractivity contribution in [2.75, 3.05) is 33.0 Å². The first-order valence-electron chi connectivity index (χ1n) is 12.4. The molecule has 1 fully saturated rings. The predicted molar refractivity (Wildman–Crippen MR) is 151 cm³/mol. The van der Waals surface area contributed by atoms with Crippen LogP contribution >= 0.6 is 35.3 Å². The molecule has 14 heteroatoms. The van der Waals surface area contributed by atoms with Gasteiger partial charge in [0.25, 0.3) is 5.91 Å².